The van der Waals surface area contributed by atoms with Gasteiger partial charge in [-0.15, -0.1) is 0 Å². The fourth-order valence-electron chi connectivity index (χ4n) is 4.45. The van der Waals surface area contributed by atoms with Crippen LogP contribution in [-0.2, 0) is 19.1 Å². The van der Waals surface area contributed by atoms with Gasteiger partial charge >= 0.3 is 11.9 Å². The highest BCUT2D eigenvalue weighted by molar-refractivity contribution is 5.70. The summed E-state index contributed by atoms with van der Waals surface area (Å²) in [5.41, 5.74) is 0. The van der Waals surface area contributed by atoms with Crippen molar-refractivity contribution in [3.63, 3.8) is 0 Å². The molecule has 0 amide bonds. The molecular weight excluding hydrogens is 572 g/mol. The first-order chi connectivity index (χ1) is 22.6. The second-order valence-electron chi connectivity index (χ2n) is 11.6. The summed E-state index contributed by atoms with van der Waals surface area (Å²) < 4.78 is 10.5. The molecule has 0 spiro atoms. The van der Waals surface area contributed by atoms with E-state index in [1.807, 2.05) is 12.2 Å². The summed E-state index contributed by atoms with van der Waals surface area (Å²) in [5, 5.41) is 9.51. The highest BCUT2D eigenvalue weighted by atomic mass is 16.6. The van der Waals surface area contributed by atoms with Crippen LogP contribution in [0.15, 0.2) is 85.1 Å². The molecule has 0 aliphatic rings. The van der Waals surface area contributed by atoms with Gasteiger partial charge in [-0.2, -0.15) is 0 Å². The molecule has 0 aromatic rings. The van der Waals surface area contributed by atoms with E-state index in [1.54, 1.807) is 0 Å². The van der Waals surface area contributed by atoms with E-state index < -0.39 is 6.10 Å². The fourth-order valence-corrected chi connectivity index (χ4v) is 4.45. The average Bonchev–Trinajstić information content (AvgIpc) is 3.06. The maximum absolute atomic E-state index is 12.1. The van der Waals surface area contributed by atoms with Crippen molar-refractivity contribution in [2.24, 2.45) is 0 Å². The number of carbonyl (C=O) groups is 2. The van der Waals surface area contributed by atoms with Gasteiger partial charge in [-0.25, -0.2) is 0 Å². The van der Waals surface area contributed by atoms with Crippen LogP contribution < -0.4 is 0 Å². The van der Waals surface area contributed by atoms with E-state index in [-0.39, 0.29) is 31.6 Å². The van der Waals surface area contributed by atoms with E-state index in [0.29, 0.717) is 12.8 Å². The van der Waals surface area contributed by atoms with Crippen molar-refractivity contribution in [1.82, 2.24) is 0 Å². The Hall–Kier alpha value is -2.92. The normalized spacial score (nSPS) is 13.2. The van der Waals surface area contributed by atoms with Crippen molar-refractivity contribution >= 4 is 11.9 Å². The van der Waals surface area contributed by atoms with E-state index in [4.69, 9.17) is 9.47 Å². The van der Waals surface area contributed by atoms with Gasteiger partial charge in [0.15, 0.2) is 6.10 Å². The molecule has 0 fully saturated rings. The molecule has 0 bridgehead atoms. The lowest BCUT2D eigenvalue weighted by molar-refractivity contribution is -0.161. The number of hydrogen-bond acceptors (Lipinski definition) is 5. The van der Waals surface area contributed by atoms with E-state index in [1.165, 1.54) is 44.9 Å². The SMILES string of the molecule is CC/C=C/C/C=C/C/C=C/C/C=C/C/C=C/C/C=C/CCC(=O)OC[C@H](CO)OC(=O)CCCCCCC/C=C/CCCCCC. The van der Waals surface area contributed by atoms with Crippen molar-refractivity contribution < 1.29 is 24.2 Å². The lowest BCUT2D eigenvalue weighted by Crippen LogP contribution is -2.28. The molecule has 0 aromatic carbocycles. The molecule has 0 saturated heterocycles. The molecule has 0 radical (unpaired) electrons. The summed E-state index contributed by atoms with van der Waals surface area (Å²) >= 11 is 0. The number of ether oxygens (including phenoxy) is 2. The summed E-state index contributed by atoms with van der Waals surface area (Å²) in [4.78, 5) is 24.1. The van der Waals surface area contributed by atoms with Gasteiger partial charge in [0.1, 0.15) is 6.61 Å². The molecule has 0 aromatic heterocycles. The number of unbranched alkanes of at least 4 members (excludes halogenated alkanes) is 9. The number of esters is 2. The van der Waals surface area contributed by atoms with Crippen molar-refractivity contribution in [3.05, 3.63) is 85.1 Å². The summed E-state index contributed by atoms with van der Waals surface area (Å²) in [7, 11) is 0. The highest BCUT2D eigenvalue weighted by Gasteiger charge is 2.15. The Morgan fingerprint density at radius 1 is 0.522 bits per heavy atom. The van der Waals surface area contributed by atoms with Gasteiger partial charge < -0.3 is 14.6 Å². The van der Waals surface area contributed by atoms with Gasteiger partial charge in [-0.1, -0.05) is 137 Å². The molecule has 0 aliphatic carbocycles. The Labute approximate surface area is 282 Å². The highest BCUT2D eigenvalue weighted by Crippen LogP contribution is 2.10. The quantitative estimate of drug-likeness (QED) is 0.0465. The first-order valence-corrected chi connectivity index (χ1v) is 18.1. The molecule has 1 atom stereocenters. The Kier molecular flexibility index (Phi) is 34.2. The Morgan fingerprint density at radius 2 is 0.978 bits per heavy atom. The molecule has 0 saturated carbocycles. The van der Waals surface area contributed by atoms with Gasteiger partial charge in [0.25, 0.3) is 0 Å². The van der Waals surface area contributed by atoms with E-state index >= 15 is 0 Å². The predicted octanol–water partition coefficient (Wildman–Crippen LogP) is 11.2. The van der Waals surface area contributed by atoms with Crippen LogP contribution in [0.3, 0.4) is 0 Å². The number of rotatable bonds is 31. The van der Waals surface area contributed by atoms with E-state index in [0.717, 1.165) is 64.2 Å². The zero-order valence-corrected chi connectivity index (χ0v) is 29.3. The van der Waals surface area contributed by atoms with Crippen LogP contribution >= 0.6 is 0 Å². The molecular formula is C41H66O5. The minimum Gasteiger partial charge on any atom is -0.462 e. The molecule has 260 valence electrons. The Balaban J connectivity index is 3.76. The van der Waals surface area contributed by atoms with Gasteiger partial charge in [0, 0.05) is 12.8 Å². The monoisotopic (exact) mass is 638 g/mol. The molecule has 5 nitrogen and oxygen atoms in total. The molecule has 5 heteroatoms. The molecule has 1 N–H and O–H groups in total. The van der Waals surface area contributed by atoms with Crippen molar-refractivity contribution in [2.75, 3.05) is 13.2 Å². The largest absolute Gasteiger partial charge is 0.462 e. The molecule has 0 unspecified atom stereocenters. The summed E-state index contributed by atoms with van der Waals surface area (Å²) in [6.45, 7) is 3.91. The van der Waals surface area contributed by atoms with Gasteiger partial charge in [-0.3, -0.25) is 9.59 Å². The third kappa shape index (κ3) is 34.0. The molecule has 0 heterocycles. The van der Waals surface area contributed by atoms with Gasteiger partial charge in [0.2, 0.25) is 0 Å². The van der Waals surface area contributed by atoms with Crippen LogP contribution in [0.2, 0.25) is 0 Å². The minimum atomic E-state index is -0.809. The number of allylic oxidation sites excluding steroid dienone is 14. The standard InChI is InChI=1S/C41H66O5/c1-3-5-7-9-11-13-15-17-18-19-20-21-22-24-25-27-29-31-33-35-40(43)45-38-39(37-42)46-41(44)36-34-32-30-28-26-23-16-14-12-10-8-6-4-2/h5,7,11,13-14,16-18,20-21,24-25,29,31,39,42H,3-4,6,8-10,12,15,19,22-23,26-28,30,32-38H2,1-2H3/b7-5+,13-11+,16-14+,18-17+,21-20+,25-24+,31-29+/t39-/m0/s1. The lowest BCUT2D eigenvalue weighted by Gasteiger charge is -2.15. The lowest BCUT2D eigenvalue weighted by atomic mass is 10.1. The first kappa shape index (κ1) is 43.1. The van der Waals surface area contributed by atoms with E-state index in [2.05, 4.69) is 86.8 Å². The first-order valence-electron chi connectivity index (χ1n) is 18.1. The summed E-state index contributed by atoms with van der Waals surface area (Å²) in [6, 6.07) is 0. The fraction of sp³-hybridized carbons (Fsp3) is 0.610. The zero-order valence-electron chi connectivity index (χ0n) is 29.3. The second kappa shape index (κ2) is 36.5. The van der Waals surface area contributed by atoms with Crippen LogP contribution in [-0.4, -0.2) is 36.4 Å². The minimum absolute atomic E-state index is 0.114. The number of hydrogen-bond donors (Lipinski definition) is 1. The topological polar surface area (TPSA) is 72.8 Å². The molecule has 0 aliphatic heterocycles. The number of aliphatic hydroxyl groups is 1. The van der Waals surface area contributed by atoms with Crippen molar-refractivity contribution in [3.8, 4) is 0 Å². The van der Waals surface area contributed by atoms with Crippen LogP contribution in [0.5, 0.6) is 0 Å². The van der Waals surface area contributed by atoms with Crippen molar-refractivity contribution in [1.29, 1.82) is 0 Å². The second-order valence-corrected chi connectivity index (χ2v) is 11.6. The number of carbonyl (C=O) groups excluding carboxylic acids is 2. The Morgan fingerprint density at radius 3 is 1.50 bits per heavy atom. The van der Waals surface area contributed by atoms with Crippen LogP contribution in [0, 0.1) is 0 Å². The third-order valence-electron chi connectivity index (χ3n) is 7.19. The zero-order chi connectivity index (χ0) is 33.6. The smallest absolute Gasteiger partial charge is 0.306 e. The van der Waals surface area contributed by atoms with Crippen molar-refractivity contribution in [2.45, 2.75) is 148 Å². The molecule has 0 rings (SSSR count). The average molecular weight is 639 g/mol. The third-order valence-corrected chi connectivity index (χ3v) is 7.19. The van der Waals surface area contributed by atoms with Crippen LogP contribution in [0.25, 0.3) is 0 Å². The van der Waals surface area contributed by atoms with E-state index in [9.17, 15) is 14.7 Å². The van der Waals surface area contributed by atoms with Gasteiger partial charge in [0.05, 0.1) is 6.61 Å². The molecule has 46 heavy (non-hydrogen) atoms. The maximum atomic E-state index is 12.1. The maximum Gasteiger partial charge on any atom is 0.306 e. The van der Waals surface area contributed by atoms with Gasteiger partial charge in [-0.05, 0) is 77.0 Å². The summed E-state index contributed by atoms with van der Waals surface area (Å²) in [5.74, 6) is -0.709. The predicted molar refractivity (Wildman–Crippen MR) is 196 cm³/mol. The van der Waals surface area contributed by atoms with Crippen LogP contribution in [0.1, 0.15) is 142 Å². The van der Waals surface area contributed by atoms with Crippen LogP contribution in [0.4, 0.5) is 0 Å². The Bertz CT molecular complexity index is 906. The number of aliphatic hydroxyl groups excluding tert-OH is 1. The summed E-state index contributed by atoms with van der Waals surface area (Å²) in [6.07, 6.45) is 49.3.